The second-order valence-corrected chi connectivity index (χ2v) is 9.14. The maximum atomic E-state index is 13.7. The van der Waals surface area contributed by atoms with Gasteiger partial charge in [-0.05, 0) is 42.8 Å². The van der Waals surface area contributed by atoms with Gasteiger partial charge in [0.15, 0.2) is 5.13 Å². The quantitative estimate of drug-likeness (QED) is 0.222. The summed E-state index contributed by atoms with van der Waals surface area (Å²) in [5.74, 6) is -2.34. The normalized spacial score (nSPS) is 17.8. The molecule has 1 N–H and O–H groups in total. The van der Waals surface area contributed by atoms with Gasteiger partial charge in [0.1, 0.15) is 11.6 Å². The molecule has 4 aromatic rings. The number of carbonyl (C=O) groups is 2. The number of benzene rings is 3. The lowest BCUT2D eigenvalue weighted by atomic mass is 9.95. The standard InChI is InChI=1S/C25H16ClFN2O3S/c1-13-2-4-15(5-3-13)22(30)20-21(14-6-8-16(26)9-7-14)29(24(32)23(20)31)25-28-18-11-10-17(27)12-19(18)33-25/h2-12,21,30H,1H3. The van der Waals surface area contributed by atoms with Crippen LogP contribution in [0.25, 0.3) is 16.0 Å². The van der Waals surface area contributed by atoms with E-state index in [-0.39, 0.29) is 16.5 Å². The predicted octanol–water partition coefficient (Wildman–Crippen LogP) is 6.02. The summed E-state index contributed by atoms with van der Waals surface area (Å²) in [5.41, 5.74) is 2.45. The largest absolute Gasteiger partial charge is 0.507 e. The van der Waals surface area contributed by atoms with Gasteiger partial charge in [0.05, 0.1) is 21.8 Å². The maximum absolute atomic E-state index is 13.7. The highest BCUT2D eigenvalue weighted by atomic mass is 35.5. The van der Waals surface area contributed by atoms with E-state index in [1.165, 1.54) is 23.1 Å². The Bertz CT molecular complexity index is 1450. The number of aliphatic hydroxyl groups is 1. The van der Waals surface area contributed by atoms with E-state index in [1.54, 1.807) is 36.4 Å². The summed E-state index contributed by atoms with van der Waals surface area (Å²) in [5, 5.41) is 11.8. The van der Waals surface area contributed by atoms with Crippen molar-refractivity contribution in [1.29, 1.82) is 0 Å². The summed E-state index contributed by atoms with van der Waals surface area (Å²) in [4.78, 5) is 32.1. The zero-order valence-corrected chi connectivity index (χ0v) is 18.8. The Hall–Kier alpha value is -3.55. The van der Waals surface area contributed by atoms with E-state index in [0.717, 1.165) is 16.9 Å². The fraction of sp³-hybridized carbons (Fsp3) is 0.0800. The zero-order chi connectivity index (χ0) is 23.3. The molecular weight excluding hydrogens is 463 g/mol. The molecule has 3 aromatic carbocycles. The summed E-state index contributed by atoms with van der Waals surface area (Å²) in [6.07, 6.45) is 0. The minimum atomic E-state index is -0.922. The van der Waals surface area contributed by atoms with Gasteiger partial charge in [0.2, 0.25) is 0 Å². The molecule has 1 saturated heterocycles. The number of thiazole rings is 1. The third-order valence-electron chi connectivity index (χ3n) is 5.50. The van der Waals surface area contributed by atoms with Gasteiger partial charge in [-0.2, -0.15) is 0 Å². The highest BCUT2D eigenvalue weighted by Crippen LogP contribution is 2.44. The third-order valence-corrected chi connectivity index (χ3v) is 6.77. The van der Waals surface area contributed by atoms with Crippen molar-refractivity contribution in [3.05, 3.63) is 99.8 Å². The molecule has 1 fully saturated rings. The predicted molar refractivity (Wildman–Crippen MR) is 127 cm³/mol. The second kappa shape index (κ2) is 8.10. The number of nitrogens with zero attached hydrogens (tertiary/aromatic N) is 2. The van der Waals surface area contributed by atoms with E-state index in [9.17, 15) is 19.1 Å². The van der Waals surface area contributed by atoms with E-state index in [2.05, 4.69) is 4.98 Å². The van der Waals surface area contributed by atoms with Gasteiger partial charge in [-0.1, -0.05) is 64.9 Å². The van der Waals surface area contributed by atoms with Crippen molar-refractivity contribution >= 4 is 55.7 Å². The molecule has 1 atom stereocenters. The second-order valence-electron chi connectivity index (χ2n) is 7.70. The first-order chi connectivity index (χ1) is 15.8. The maximum Gasteiger partial charge on any atom is 0.301 e. The lowest BCUT2D eigenvalue weighted by Crippen LogP contribution is -2.29. The number of hydrogen-bond donors (Lipinski definition) is 1. The fourth-order valence-corrected chi connectivity index (χ4v) is 4.99. The average Bonchev–Trinajstić information content (AvgIpc) is 3.32. The molecule has 5 nitrogen and oxygen atoms in total. The number of anilines is 1. The minimum Gasteiger partial charge on any atom is -0.507 e. The Morgan fingerprint density at radius 2 is 1.76 bits per heavy atom. The van der Waals surface area contributed by atoms with Crippen LogP contribution in [0.4, 0.5) is 9.52 Å². The summed E-state index contributed by atoms with van der Waals surface area (Å²) in [6, 6.07) is 16.9. The molecule has 33 heavy (non-hydrogen) atoms. The Morgan fingerprint density at radius 3 is 2.45 bits per heavy atom. The van der Waals surface area contributed by atoms with E-state index < -0.39 is 23.5 Å². The van der Waals surface area contributed by atoms with Crippen molar-refractivity contribution in [2.45, 2.75) is 13.0 Å². The van der Waals surface area contributed by atoms with E-state index in [1.807, 2.05) is 19.1 Å². The van der Waals surface area contributed by atoms with Gasteiger partial charge in [-0.25, -0.2) is 9.37 Å². The first-order valence-electron chi connectivity index (χ1n) is 10.0. The lowest BCUT2D eigenvalue weighted by Gasteiger charge is -2.23. The first-order valence-corrected chi connectivity index (χ1v) is 11.2. The van der Waals surface area contributed by atoms with Crippen LogP contribution in [0.2, 0.25) is 5.02 Å². The summed E-state index contributed by atoms with van der Waals surface area (Å²) >= 11 is 7.15. The van der Waals surface area contributed by atoms with E-state index >= 15 is 0 Å². The van der Waals surface area contributed by atoms with Gasteiger partial charge in [-0.15, -0.1) is 0 Å². The Kier molecular flexibility index (Phi) is 5.23. The molecule has 0 saturated carbocycles. The molecule has 1 aliphatic rings. The molecule has 2 heterocycles. The number of Topliss-reactive ketones (excluding diaryl/α,β-unsaturated/α-hetero) is 1. The first kappa shape index (κ1) is 21.3. The van der Waals surface area contributed by atoms with Crippen LogP contribution >= 0.6 is 22.9 Å². The smallest absolute Gasteiger partial charge is 0.301 e. The number of rotatable bonds is 3. The van der Waals surface area contributed by atoms with E-state index in [0.29, 0.717) is 26.4 Å². The molecule has 1 aromatic heterocycles. The Labute approximate surface area is 197 Å². The highest BCUT2D eigenvalue weighted by molar-refractivity contribution is 7.22. The van der Waals surface area contributed by atoms with E-state index in [4.69, 9.17) is 11.6 Å². The van der Waals surface area contributed by atoms with Gasteiger partial charge in [-0.3, -0.25) is 14.5 Å². The number of halogens is 2. The van der Waals surface area contributed by atoms with Crippen LogP contribution in [-0.4, -0.2) is 21.8 Å². The number of fused-ring (bicyclic) bond motifs is 1. The number of aromatic nitrogens is 1. The zero-order valence-electron chi connectivity index (χ0n) is 17.3. The van der Waals surface area contributed by atoms with Crippen LogP contribution in [0.3, 0.4) is 0 Å². The molecule has 8 heteroatoms. The lowest BCUT2D eigenvalue weighted by molar-refractivity contribution is -0.132. The Morgan fingerprint density at radius 1 is 1.06 bits per heavy atom. The fourth-order valence-electron chi connectivity index (χ4n) is 3.85. The van der Waals surface area contributed by atoms with Crippen molar-refractivity contribution in [3.63, 3.8) is 0 Å². The van der Waals surface area contributed by atoms with Crippen LogP contribution in [-0.2, 0) is 9.59 Å². The van der Waals surface area contributed by atoms with Crippen molar-refractivity contribution < 1.29 is 19.1 Å². The monoisotopic (exact) mass is 478 g/mol. The van der Waals surface area contributed by atoms with Crippen molar-refractivity contribution in [1.82, 2.24) is 4.98 Å². The number of carbonyl (C=O) groups excluding carboxylic acids is 2. The van der Waals surface area contributed by atoms with Crippen LogP contribution in [0, 0.1) is 12.7 Å². The number of aliphatic hydroxyl groups excluding tert-OH is 1. The number of amides is 1. The molecule has 5 rings (SSSR count). The van der Waals surface area contributed by atoms with Gasteiger partial charge in [0, 0.05) is 10.6 Å². The molecule has 1 aliphatic heterocycles. The van der Waals surface area contributed by atoms with Gasteiger partial charge >= 0.3 is 5.91 Å². The molecule has 0 bridgehead atoms. The SMILES string of the molecule is Cc1ccc(C(O)=C2C(=O)C(=O)N(c3nc4ccc(F)cc4s3)C2c2ccc(Cl)cc2)cc1. The topological polar surface area (TPSA) is 70.5 Å². The van der Waals surface area contributed by atoms with Gasteiger partial charge < -0.3 is 5.11 Å². The van der Waals surface area contributed by atoms with Crippen molar-refractivity contribution in [2.75, 3.05) is 4.90 Å². The molecule has 164 valence electrons. The summed E-state index contributed by atoms with van der Waals surface area (Å²) in [7, 11) is 0. The van der Waals surface area contributed by atoms with Crippen LogP contribution in [0.1, 0.15) is 22.7 Å². The average molecular weight is 479 g/mol. The van der Waals surface area contributed by atoms with Crippen LogP contribution in [0.5, 0.6) is 0 Å². The third kappa shape index (κ3) is 3.69. The number of hydrogen-bond acceptors (Lipinski definition) is 5. The summed E-state index contributed by atoms with van der Waals surface area (Å²) in [6.45, 7) is 1.91. The molecule has 0 aliphatic carbocycles. The minimum absolute atomic E-state index is 0.0448. The number of aryl methyl sites for hydroxylation is 1. The van der Waals surface area contributed by atoms with Gasteiger partial charge in [0.25, 0.3) is 5.78 Å². The molecular formula is C25H16ClFN2O3S. The van der Waals surface area contributed by atoms with Crippen LogP contribution < -0.4 is 4.90 Å². The highest BCUT2D eigenvalue weighted by Gasteiger charge is 2.48. The molecule has 1 unspecified atom stereocenters. The molecule has 1 amide bonds. The number of ketones is 1. The Balaban J connectivity index is 1.73. The summed E-state index contributed by atoms with van der Waals surface area (Å²) < 4.78 is 14.3. The molecule has 0 radical (unpaired) electrons. The molecule has 0 spiro atoms. The van der Waals surface area contributed by atoms with Crippen molar-refractivity contribution in [2.24, 2.45) is 0 Å². The van der Waals surface area contributed by atoms with Crippen molar-refractivity contribution in [3.8, 4) is 0 Å². The van der Waals surface area contributed by atoms with Crippen LogP contribution in [0.15, 0.2) is 72.3 Å².